The lowest BCUT2D eigenvalue weighted by Crippen LogP contribution is -2.12. The Labute approximate surface area is 123 Å². The predicted octanol–water partition coefficient (Wildman–Crippen LogP) is 2.64. The van der Waals surface area contributed by atoms with Gasteiger partial charge in [-0.1, -0.05) is 23.7 Å². The third-order valence-electron chi connectivity index (χ3n) is 2.76. The number of hydrogen-bond donors (Lipinski definition) is 2. The molecular weight excluding hydrogens is 296 g/mol. The van der Waals surface area contributed by atoms with Gasteiger partial charge in [0, 0.05) is 10.7 Å². The summed E-state index contributed by atoms with van der Waals surface area (Å²) in [4.78, 5) is 0.174. The summed E-state index contributed by atoms with van der Waals surface area (Å²) < 4.78 is 26.8. The molecule has 6 heteroatoms. The molecular formula is C14H15ClN2O2S. The van der Waals surface area contributed by atoms with Crippen molar-refractivity contribution in [2.24, 2.45) is 5.73 Å². The van der Waals surface area contributed by atoms with Gasteiger partial charge in [-0.05, 0) is 54.9 Å². The van der Waals surface area contributed by atoms with Gasteiger partial charge >= 0.3 is 0 Å². The van der Waals surface area contributed by atoms with Crippen LogP contribution >= 0.6 is 11.6 Å². The summed E-state index contributed by atoms with van der Waals surface area (Å²) >= 11 is 5.74. The van der Waals surface area contributed by atoms with Crippen LogP contribution in [-0.4, -0.2) is 15.0 Å². The molecule has 0 unspecified atom stereocenters. The molecule has 2 aromatic carbocycles. The van der Waals surface area contributed by atoms with Gasteiger partial charge in [0.1, 0.15) is 0 Å². The number of anilines is 1. The highest BCUT2D eigenvalue weighted by Crippen LogP contribution is 2.18. The first kappa shape index (κ1) is 14.8. The van der Waals surface area contributed by atoms with Crippen LogP contribution in [0.25, 0.3) is 0 Å². The van der Waals surface area contributed by atoms with E-state index < -0.39 is 10.0 Å². The van der Waals surface area contributed by atoms with Crippen LogP contribution in [0.15, 0.2) is 53.4 Å². The molecule has 0 atom stereocenters. The molecule has 0 spiro atoms. The summed E-state index contributed by atoms with van der Waals surface area (Å²) in [5.41, 5.74) is 7.05. The molecule has 3 N–H and O–H groups in total. The molecule has 106 valence electrons. The molecule has 4 nitrogen and oxygen atoms in total. The van der Waals surface area contributed by atoms with E-state index in [0.717, 1.165) is 12.0 Å². The molecule has 0 aliphatic carbocycles. The van der Waals surface area contributed by atoms with E-state index in [1.54, 1.807) is 24.3 Å². The van der Waals surface area contributed by atoms with E-state index >= 15 is 0 Å². The molecule has 0 saturated heterocycles. The van der Waals surface area contributed by atoms with Gasteiger partial charge < -0.3 is 5.73 Å². The van der Waals surface area contributed by atoms with E-state index in [1.165, 1.54) is 12.1 Å². The molecule has 20 heavy (non-hydrogen) atoms. The van der Waals surface area contributed by atoms with E-state index in [9.17, 15) is 8.42 Å². The van der Waals surface area contributed by atoms with Crippen molar-refractivity contribution in [3.63, 3.8) is 0 Å². The Kier molecular flexibility index (Phi) is 4.65. The van der Waals surface area contributed by atoms with Crippen molar-refractivity contribution >= 4 is 27.3 Å². The Bertz CT molecular complexity index is 667. The van der Waals surface area contributed by atoms with Crippen molar-refractivity contribution in [3.05, 3.63) is 59.1 Å². The highest BCUT2D eigenvalue weighted by Gasteiger charge is 2.13. The standard InChI is InChI=1S/C14H15ClN2O2S/c15-12-3-7-14(8-4-12)20(18,19)17-13-5-1-11(2-6-13)9-10-16/h1-8,17H,9-10,16H2. The van der Waals surface area contributed by atoms with Crippen LogP contribution in [0.5, 0.6) is 0 Å². The fourth-order valence-electron chi connectivity index (χ4n) is 1.73. The number of halogens is 1. The first-order chi connectivity index (χ1) is 9.51. The molecule has 0 aromatic heterocycles. The van der Waals surface area contributed by atoms with Gasteiger partial charge in [0.25, 0.3) is 10.0 Å². The number of hydrogen-bond acceptors (Lipinski definition) is 3. The molecule has 2 rings (SSSR count). The van der Waals surface area contributed by atoms with Crippen molar-refractivity contribution in [1.29, 1.82) is 0 Å². The second-order valence-electron chi connectivity index (χ2n) is 4.30. The number of rotatable bonds is 5. The molecule has 0 radical (unpaired) electrons. The minimum atomic E-state index is -3.59. The summed E-state index contributed by atoms with van der Waals surface area (Å²) in [5, 5.41) is 0.495. The lowest BCUT2D eigenvalue weighted by atomic mass is 10.1. The predicted molar refractivity (Wildman–Crippen MR) is 81.5 cm³/mol. The van der Waals surface area contributed by atoms with Gasteiger partial charge in [-0.2, -0.15) is 0 Å². The molecule has 2 aromatic rings. The quantitative estimate of drug-likeness (QED) is 0.891. The Balaban J connectivity index is 2.17. The zero-order valence-electron chi connectivity index (χ0n) is 10.7. The topological polar surface area (TPSA) is 72.2 Å². The molecule has 0 aliphatic rings. The third kappa shape index (κ3) is 3.72. The Morgan fingerprint density at radius 3 is 2.15 bits per heavy atom. The fraction of sp³-hybridized carbons (Fsp3) is 0.143. The molecule has 0 aliphatic heterocycles. The maximum atomic E-state index is 12.1. The number of nitrogens with two attached hydrogens (primary N) is 1. The van der Waals surface area contributed by atoms with Crippen LogP contribution in [0, 0.1) is 0 Å². The number of nitrogens with one attached hydrogen (secondary N) is 1. The molecule has 0 saturated carbocycles. The van der Waals surface area contributed by atoms with Crippen molar-refractivity contribution in [1.82, 2.24) is 0 Å². The number of benzene rings is 2. The lowest BCUT2D eigenvalue weighted by Gasteiger charge is -2.09. The normalized spacial score (nSPS) is 11.3. The first-order valence-electron chi connectivity index (χ1n) is 6.09. The largest absolute Gasteiger partial charge is 0.330 e. The maximum Gasteiger partial charge on any atom is 0.261 e. The Morgan fingerprint density at radius 2 is 1.60 bits per heavy atom. The average Bonchev–Trinajstić information content (AvgIpc) is 2.41. The Morgan fingerprint density at radius 1 is 1.00 bits per heavy atom. The van der Waals surface area contributed by atoms with Gasteiger partial charge in [-0.25, -0.2) is 8.42 Å². The minimum absolute atomic E-state index is 0.174. The smallest absolute Gasteiger partial charge is 0.261 e. The molecule has 0 amide bonds. The van der Waals surface area contributed by atoms with Crippen LogP contribution < -0.4 is 10.5 Å². The van der Waals surface area contributed by atoms with Gasteiger partial charge in [0.2, 0.25) is 0 Å². The fourth-order valence-corrected chi connectivity index (χ4v) is 2.92. The van der Waals surface area contributed by atoms with Crippen molar-refractivity contribution < 1.29 is 8.42 Å². The van der Waals surface area contributed by atoms with Crippen LogP contribution in [0.3, 0.4) is 0 Å². The number of sulfonamides is 1. The van der Waals surface area contributed by atoms with Crippen LogP contribution in [0.4, 0.5) is 5.69 Å². The zero-order valence-corrected chi connectivity index (χ0v) is 12.3. The summed E-state index contributed by atoms with van der Waals surface area (Å²) in [6.07, 6.45) is 0.768. The van der Waals surface area contributed by atoms with Gasteiger partial charge in [-0.15, -0.1) is 0 Å². The average molecular weight is 311 g/mol. The molecule has 0 fully saturated rings. The van der Waals surface area contributed by atoms with E-state index in [0.29, 0.717) is 17.3 Å². The Hall–Kier alpha value is -1.56. The van der Waals surface area contributed by atoms with Gasteiger partial charge in [-0.3, -0.25) is 4.72 Å². The second kappa shape index (κ2) is 6.26. The molecule has 0 heterocycles. The van der Waals surface area contributed by atoms with Crippen molar-refractivity contribution in [2.45, 2.75) is 11.3 Å². The second-order valence-corrected chi connectivity index (χ2v) is 6.41. The van der Waals surface area contributed by atoms with Crippen LogP contribution in [0.1, 0.15) is 5.56 Å². The van der Waals surface area contributed by atoms with Crippen LogP contribution in [0.2, 0.25) is 5.02 Å². The van der Waals surface area contributed by atoms with Gasteiger partial charge in [0.05, 0.1) is 4.90 Å². The highest BCUT2D eigenvalue weighted by molar-refractivity contribution is 7.92. The highest BCUT2D eigenvalue weighted by atomic mass is 35.5. The van der Waals surface area contributed by atoms with Crippen molar-refractivity contribution in [2.75, 3.05) is 11.3 Å². The first-order valence-corrected chi connectivity index (χ1v) is 7.95. The van der Waals surface area contributed by atoms with Gasteiger partial charge in [0.15, 0.2) is 0 Å². The summed E-state index contributed by atoms with van der Waals surface area (Å²) in [6.45, 7) is 0.565. The SMILES string of the molecule is NCCc1ccc(NS(=O)(=O)c2ccc(Cl)cc2)cc1. The van der Waals surface area contributed by atoms with Crippen LogP contribution in [-0.2, 0) is 16.4 Å². The zero-order chi connectivity index (χ0) is 14.6. The van der Waals surface area contributed by atoms with Crippen molar-refractivity contribution in [3.8, 4) is 0 Å². The lowest BCUT2D eigenvalue weighted by molar-refractivity contribution is 0.601. The van der Waals surface area contributed by atoms with E-state index in [-0.39, 0.29) is 4.90 Å². The molecule has 0 bridgehead atoms. The van der Waals surface area contributed by atoms with E-state index in [4.69, 9.17) is 17.3 Å². The maximum absolute atomic E-state index is 12.1. The third-order valence-corrected chi connectivity index (χ3v) is 4.41. The summed E-state index contributed by atoms with van der Waals surface area (Å²) in [5.74, 6) is 0. The minimum Gasteiger partial charge on any atom is -0.330 e. The van der Waals surface area contributed by atoms with E-state index in [2.05, 4.69) is 4.72 Å². The monoisotopic (exact) mass is 310 g/mol. The van der Waals surface area contributed by atoms with E-state index in [1.807, 2.05) is 12.1 Å². The summed E-state index contributed by atoms with van der Waals surface area (Å²) in [6, 6.07) is 13.2. The summed E-state index contributed by atoms with van der Waals surface area (Å²) in [7, 11) is -3.59.